The van der Waals surface area contributed by atoms with Gasteiger partial charge in [-0.05, 0) is 32.3 Å². The van der Waals surface area contributed by atoms with Gasteiger partial charge in [-0.3, -0.25) is 4.79 Å². The van der Waals surface area contributed by atoms with Gasteiger partial charge < -0.3 is 10.2 Å². The first kappa shape index (κ1) is 12.8. The third-order valence-corrected chi connectivity index (χ3v) is 4.71. The fraction of sp³-hybridized carbons (Fsp3) is 0.533. The van der Waals surface area contributed by atoms with E-state index in [9.17, 15) is 4.79 Å². The number of rotatable bonds is 1. The zero-order valence-corrected chi connectivity index (χ0v) is 12.3. The zero-order valence-electron chi connectivity index (χ0n) is 12.3. The molecule has 6 heteroatoms. The van der Waals surface area contributed by atoms with Gasteiger partial charge in [-0.2, -0.15) is 5.10 Å². The van der Waals surface area contributed by atoms with Crippen molar-refractivity contribution in [3.8, 4) is 0 Å². The maximum atomic E-state index is 12.9. The molecule has 2 aromatic rings. The van der Waals surface area contributed by atoms with Crippen molar-refractivity contribution < 1.29 is 4.79 Å². The van der Waals surface area contributed by atoms with Crippen molar-refractivity contribution in [2.75, 3.05) is 19.6 Å². The van der Waals surface area contributed by atoms with E-state index in [1.54, 1.807) is 10.7 Å². The number of carbonyl (C=O) groups is 1. The minimum atomic E-state index is 0.0682. The number of nitrogens with one attached hydrogen (secondary N) is 1. The Kier molecular flexibility index (Phi) is 2.75. The number of hydrogen-bond donors (Lipinski definition) is 1. The van der Waals surface area contributed by atoms with Gasteiger partial charge in [0.05, 0.1) is 6.20 Å². The number of fused-ring (bicyclic) bond motifs is 2. The minimum Gasteiger partial charge on any atom is -0.334 e. The maximum Gasteiger partial charge on any atom is 0.259 e. The summed E-state index contributed by atoms with van der Waals surface area (Å²) in [4.78, 5) is 19.4. The third kappa shape index (κ3) is 1.86. The van der Waals surface area contributed by atoms with Crippen LogP contribution in [0.5, 0.6) is 0 Å². The van der Waals surface area contributed by atoms with Crippen LogP contribution in [0.3, 0.4) is 0 Å². The highest BCUT2D eigenvalue weighted by atomic mass is 16.2. The van der Waals surface area contributed by atoms with Gasteiger partial charge in [0.15, 0.2) is 5.65 Å². The monoisotopic (exact) mass is 285 g/mol. The molecule has 0 radical (unpaired) electrons. The normalized spacial score (nSPS) is 24.8. The molecule has 1 amide bonds. The Morgan fingerprint density at radius 3 is 3.10 bits per heavy atom. The van der Waals surface area contributed by atoms with Crippen LogP contribution in [0.25, 0.3) is 5.65 Å². The lowest BCUT2D eigenvalue weighted by Crippen LogP contribution is -2.39. The van der Waals surface area contributed by atoms with Crippen molar-refractivity contribution in [2.24, 2.45) is 5.92 Å². The van der Waals surface area contributed by atoms with Gasteiger partial charge in [0.25, 0.3) is 5.91 Å². The molecule has 0 spiro atoms. The maximum absolute atomic E-state index is 12.9. The lowest BCUT2D eigenvalue weighted by Gasteiger charge is -2.22. The summed E-state index contributed by atoms with van der Waals surface area (Å²) in [7, 11) is 0. The molecule has 2 atom stereocenters. The summed E-state index contributed by atoms with van der Waals surface area (Å²) in [5.74, 6) is 0.672. The van der Waals surface area contributed by atoms with Crippen LogP contribution in [0.2, 0.25) is 0 Å². The molecular formula is C15H19N5O. The topological polar surface area (TPSA) is 62.5 Å². The summed E-state index contributed by atoms with van der Waals surface area (Å²) in [6.07, 6.45) is 2.75. The highest BCUT2D eigenvalue weighted by Crippen LogP contribution is 2.29. The Balaban J connectivity index is 1.75. The van der Waals surface area contributed by atoms with Crippen LogP contribution in [-0.2, 0) is 0 Å². The molecule has 4 rings (SSSR count). The van der Waals surface area contributed by atoms with Gasteiger partial charge in [-0.15, -0.1) is 0 Å². The second-order valence-electron chi connectivity index (χ2n) is 6.11. The molecule has 2 aromatic heterocycles. The first-order chi connectivity index (χ1) is 10.1. The van der Waals surface area contributed by atoms with Crippen LogP contribution in [0, 0.1) is 19.8 Å². The molecule has 0 unspecified atom stereocenters. The SMILES string of the molecule is Cc1cc(C)n2ncc(C(=O)N3CC[C@H]4CNC[C@H]43)c2n1. The third-order valence-electron chi connectivity index (χ3n) is 4.71. The Morgan fingerprint density at radius 2 is 2.24 bits per heavy atom. The molecule has 2 fully saturated rings. The molecule has 0 saturated carbocycles. The lowest BCUT2D eigenvalue weighted by atomic mass is 10.1. The van der Waals surface area contributed by atoms with E-state index in [1.165, 1.54) is 0 Å². The van der Waals surface area contributed by atoms with Gasteiger partial charge in [0, 0.05) is 37.1 Å². The van der Waals surface area contributed by atoms with Crippen LogP contribution in [-0.4, -0.2) is 51.1 Å². The molecule has 2 aliphatic heterocycles. The molecule has 0 aromatic carbocycles. The van der Waals surface area contributed by atoms with Crippen LogP contribution < -0.4 is 5.32 Å². The van der Waals surface area contributed by atoms with Gasteiger partial charge >= 0.3 is 0 Å². The number of hydrogen-bond acceptors (Lipinski definition) is 4. The molecular weight excluding hydrogens is 266 g/mol. The predicted octanol–water partition coefficient (Wildman–Crippen LogP) is 0.780. The van der Waals surface area contributed by atoms with Gasteiger partial charge in [0.1, 0.15) is 5.56 Å². The van der Waals surface area contributed by atoms with Crippen LogP contribution in [0.4, 0.5) is 0 Å². The summed E-state index contributed by atoms with van der Waals surface area (Å²) in [6.45, 7) is 6.70. The molecule has 1 N–H and O–H groups in total. The molecule has 110 valence electrons. The summed E-state index contributed by atoms with van der Waals surface area (Å²) < 4.78 is 1.75. The van der Waals surface area contributed by atoms with E-state index in [0.29, 0.717) is 23.2 Å². The summed E-state index contributed by atoms with van der Waals surface area (Å²) in [5.41, 5.74) is 3.20. The van der Waals surface area contributed by atoms with E-state index in [-0.39, 0.29) is 5.91 Å². The van der Waals surface area contributed by atoms with Gasteiger partial charge in [-0.25, -0.2) is 9.50 Å². The predicted molar refractivity (Wildman–Crippen MR) is 78.3 cm³/mol. The van der Waals surface area contributed by atoms with Crippen LogP contribution in [0.15, 0.2) is 12.3 Å². The van der Waals surface area contributed by atoms with Gasteiger partial charge in [-0.1, -0.05) is 0 Å². The van der Waals surface area contributed by atoms with Crippen molar-refractivity contribution in [1.82, 2.24) is 24.8 Å². The molecule has 6 nitrogen and oxygen atoms in total. The standard InChI is InChI=1S/C15H19N5O/c1-9-5-10(2)20-14(18-9)12(7-17-20)15(21)19-4-3-11-6-16-8-13(11)19/h5,7,11,13,16H,3-4,6,8H2,1-2H3/t11-,13+/m0/s1. The second kappa shape index (κ2) is 4.53. The average Bonchev–Trinajstić information content (AvgIpc) is 3.11. The van der Waals surface area contributed by atoms with E-state index in [2.05, 4.69) is 15.4 Å². The molecule has 4 heterocycles. The fourth-order valence-corrected chi connectivity index (χ4v) is 3.68. The summed E-state index contributed by atoms with van der Waals surface area (Å²) in [5, 5.41) is 7.71. The Hall–Kier alpha value is -1.95. The van der Waals surface area contributed by atoms with E-state index in [4.69, 9.17) is 0 Å². The number of nitrogens with zero attached hydrogens (tertiary/aromatic N) is 4. The van der Waals surface area contributed by atoms with Crippen LogP contribution >= 0.6 is 0 Å². The lowest BCUT2D eigenvalue weighted by molar-refractivity contribution is 0.0739. The van der Waals surface area contributed by atoms with E-state index < -0.39 is 0 Å². The smallest absolute Gasteiger partial charge is 0.259 e. The van der Waals surface area contributed by atoms with Gasteiger partial charge in [0.2, 0.25) is 0 Å². The first-order valence-corrected chi connectivity index (χ1v) is 7.49. The Bertz CT molecular complexity index is 722. The highest BCUT2D eigenvalue weighted by Gasteiger charge is 2.40. The fourth-order valence-electron chi connectivity index (χ4n) is 3.68. The molecule has 21 heavy (non-hydrogen) atoms. The quantitative estimate of drug-likeness (QED) is 0.841. The molecule has 2 aliphatic rings. The van der Waals surface area contributed by atoms with E-state index in [0.717, 1.165) is 37.4 Å². The summed E-state index contributed by atoms with van der Waals surface area (Å²) in [6, 6.07) is 2.31. The van der Waals surface area contributed by atoms with E-state index >= 15 is 0 Å². The van der Waals surface area contributed by atoms with Crippen molar-refractivity contribution >= 4 is 11.6 Å². The number of likely N-dealkylation sites (tertiary alicyclic amines) is 1. The molecule has 2 saturated heterocycles. The van der Waals surface area contributed by atoms with Crippen molar-refractivity contribution in [3.05, 3.63) is 29.2 Å². The Morgan fingerprint density at radius 1 is 1.38 bits per heavy atom. The number of carbonyl (C=O) groups excluding carboxylic acids is 1. The number of aromatic nitrogens is 3. The average molecular weight is 285 g/mol. The number of aryl methyl sites for hydroxylation is 2. The Labute approximate surface area is 123 Å². The van der Waals surface area contributed by atoms with Crippen molar-refractivity contribution in [2.45, 2.75) is 26.3 Å². The summed E-state index contributed by atoms with van der Waals surface area (Å²) >= 11 is 0. The first-order valence-electron chi connectivity index (χ1n) is 7.49. The van der Waals surface area contributed by atoms with E-state index in [1.807, 2.05) is 24.8 Å². The number of amides is 1. The van der Waals surface area contributed by atoms with Crippen molar-refractivity contribution in [1.29, 1.82) is 0 Å². The zero-order chi connectivity index (χ0) is 14.6. The minimum absolute atomic E-state index is 0.0682. The van der Waals surface area contributed by atoms with Crippen LogP contribution in [0.1, 0.15) is 28.2 Å². The molecule has 0 bridgehead atoms. The second-order valence-corrected chi connectivity index (χ2v) is 6.11. The largest absolute Gasteiger partial charge is 0.334 e. The highest BCUT2D eigenvalue weighted by molar-refractivity contribution is 6.00. The van der Waals surface area contributed by atoms with Crippen molar-refractivity contribution in [3.63, 3.8) is 0 Å². The molecule has 0 aliphatic carbocycles.